The average Bonchev–Trinajstić information content (AvgIpc) is 2.29. The van der Waals surface area contributed by atoms with Crippen LogP contribution in [-0.2, 0) is 24.5 Å². The summed E-state index contributed by atoms with van der Waals surface area (Å²) in [5.74, 6) is -4.91. The molecule has 0 spiro atoms. The topological polar surface area (TPSA) is 218 Å². The molecule has 12 heteroatoms. The second-order valence-electron chi connectivity index (χ2n) is 3.24. The third-order valence-corrected chi connectivity index (χ3v) is 2.20. The number of aliphatic carboxylic acids is 3. The lowest BCUT2D eigenvalue weighted by Gasteiger charge is -2.01. The van der Waals surface area contributed by atoms with Gasteiger partial charge in [0.05, 0.1) is 6.42 Å². The molecule has 0 aliphatic rings. The summed E-state index contributed by atoms with van der Waals surface area (Å²) in [6.45, 7) is 6.00. The van der Waals surface area contributed by atoms with E-state index in [2.05, 4.69) is 13.2 Å². The Bertz CT molecular complexity index is 448. The van der Waals surface area contributed by atoms with Crippen molar-refractivity contribution in [2.45, 2.75) is 18.5 Å². The number of nitrogens with two attached hydrogens (primary N) is 2. The van der Waals surface area contributed by atoms with Crippen LogP contribution in [0.5, 0.6) is 0 Å². The van der Waals surface area contributed by atoms with Crippen molar-refractivity contribution in [3.05, 3.63) is 13.2 Å². The first-order valence-corrected chi connectivity index (χ1v) is 6.61. The molecule has 0 saturated carbocycles. The van der Waals surface area contributed by atoms with Crippen LogP contribution in [0.25, 0.3) is 0 Å². The van der Waals surface area contributed by atoms with Gasteiger partial charge in [-0.15, -0.1) is 13.2 Å². The molecule has 0 aliphatic heterocycles. The lowest BCUT2D eigenvalue weighted by molar-refractivity contribution is -0.144. The van der Waals surface area contributed by atoms with Gasteiger partial charge in [-0.05, 0) is 0 Å². The fourth-order valence-corrected chi connectivity index (χ4v) is 1.17. The van der Waals surface area contributed by atoms with Crippen molar-refractivity contribution in [1.29, 1.82) is 0 Å². The molecule has 0 saturated heterocycles. The van der Waals surface area contributed by atoms with Gasteiger partial charge in [-0.25, -0.2) is 0 Å². The Balaban J connectivity index is -0.000000277. The molecule has 21 heavy (non-hydrogen) atoms. The van der Waals surface area contributed by atoms with Crippen molar-refractivity contribution in [3.8, 4) is 0 Å². The van der Waals surface area contributed by atoms with Crippen molar-refractivity contribution in [2.24, 2.45) is 11.5 Å². The second kappa shape index (κ2) is 11.8. The van der Waals surface area contributed by atoms with Gasteiger partial charge in [-0.2, -0.15) is 8.42 Å². The second-order valence-corrected chi connectivity index (χ2v) is 4.73. The summed E-state index contributed by atoms with van der Waals surface area (Å²) in [5, 5.41) is 24.1. The number of carbonyl (C=O) groups is 3. The van der Waals surface area contributed by atoms with Crippen LogP contribution in [-0.4, -0.2) is 64.0 Å². The molecule has 0 fully saturated rings. The SMILES string of the molecule is C=C.NC(CC(=O)O)C(=O)O.NC(CS(=O)(=O)O)C(=O)O. The Labute approximate surface area is 120 Å². The first kappa shape index (κ1) is 24.0. The van der Waals surface area contributed by atoms with E-state index in [9.17, 15) is 22.8 Å². The fourth-order valence-electron chi connectivity index (χ4n) is 0.574. The Morgan fingerprint density at radius 2 is 1.29 bits per heavy atom. The smallest absolute Gasteiger partial charge is 0.321 e. The van der Waals surface area contributed by atoms with Crippen LogP contribution in [0.15, 0.2) is 13.2 Å². The van der Waals surface area contributed by atoms with E-state index in [0.29, 0.717) is 0 Å². The average molecular weight is 330 g/mol. The summed E-state index contributed by atoms with van der Waals surface area (Å²) < 4.78 is 28.0. The van der Waals surface area contributed by atoms with Crippen molar-refractivity contribution in [2.75, 3.05) is 5.75 Å². The number of carboxylic acids is 3. The van der Waals surface area contributed by atoms with Crippen molar-refractivity contribution >= 4 is 28.0 Å². The number of rotatable bonds is 6. The van der Waals surface area contributed by atoms with Gasteiger partial charge in [-0.1, -0.05) is 0 Å². The molecule has 2 atom stereocenters. The van der Waals surface area contributed by atoms with E-state index >= 15 is 0 Å². The van der Waals surface area contributed by atoms with E-state index < -0.39 is 52.3 Å². The number of carboxylic acid groups (broad SMARTS) is 3. The molecule has 0 aliphatic carbocycles. The molecule has 0 bridgehead atoms. The largest absolute Gasteiger partial charge is 0.481 e. The summed E-state index contributed by atoms with van der Waals surface area (Å²) >= 11 is 0. The molecule has 11 nitrogen and oxygen atoms in total. The number of hydrogen-bond acceptors (Lipinski definition) is 7. The maximum atomic E-state index is 9.96. The third-order valence-electron chi connectivity index (χ3n) is 1.42. The molecule has 124 valence electrons. The molecule has 2 unspecified atom stereocenters. The van der Waals surface area contributed by atoms with E-state index in [1.165, 1.54) is 0 Å². The third kappa shape index (κ3) is 20.5. The maximum absolute atomic E-state index is 9.96. The molecule has 0 heterocycles. The molecule has 0 aromatic carbocycles. The molecular formula is C9H18N2O9S. The molecule has 0 aromatic heterocycles. The van der Waals surface area contributed by atoms with E-state index in [1.54, 1.807) is 0 Å². The van der Waals surface area contributed by atoms with Gasteiger partial charge in [0.25, 0.3) is 10.1 Å². The van der Waals surface area contributed by atoms with Gasteiger partial charge >= 0.3 is 17.9 Å². The Morgan fingerprint density at radius 1 is 0.952 bits per heavy atom. The molecule has 0 radical (unpaired) electrons. The normalized spacial score (nSPS) is 12.5. The molecule has 8 N–H and O–H groups in total. The van der Waals surface area contributed by atoms with Gasteiger partial charge < -0.3 is 26.8 Å². The zero-order valence-electron chi connectivity index (χ0n) is 10.9. The Kier molecular flexibility index (Phi) is 13.5. The van der Waals surface area contributed by atoms with Crippen LogP contribution in [0, 0.1) is 0 Å². The minimum Gasteiger partial charge on any atom is -0.481 e. The monoisotopic (exact) mass is 330 g/mol. The first-order chi connectivity index (χ1) is 9.36. The Hall–Kier alpha value is -2.02. The van der Waals surface area contributed by atoms with E-state index in [1.807, 2.05) is 0 Å². The lowest BCUT2D eigenvalue weighted by Crippen LogP contribution is -2.36. The van der Waals surface area contributed by atoms with Crippen LogP contribution in [0.4, 0.5) is 0 Å². The summed E-state index contributed by atoms with van der Waals surface area (Å²) in [6, 6.07) is -2.85. The van der Waals surface area contributed by atoms with Gasteiger partial charge in [0.1, 0.15) is 17.8 Å². The number of hydrogen-bond donors (Lipinski definition) is 6. The van der Waals surface area contributed by atoms with Crippen LogP contribution in [0.1, 0.15) is 6.42 Å². The summed E-state index contributed by atoms with van der Waals surface area (Å²) in [4.78, 5) is 29.5. The van der Waals surface area contributed by atoms with Gasteiger partial charge in [0.15, 0.2) is 0 Å². The van der Waals surface area contributed by atoms with Crippen molar-refractivity contribution < 1.29 is 42.7 Å². The maximum Gasteiger partial charge on any atom is 0.321 e. The lowest BCUT2D eigenvalue weighted by atomic mass is 10.2. The predicted octanol–water partition coefficient (Wildman–Crippen LogP) is -2.04. The molecule has 0 rings (SSSR count). The predicted molar refractivity (Wildman–Crippen MR) is 71.1 cm³/mol. The van der Waals surface area contributed by atoms with E-state index in [-0.39, 0.29) is 0 Å². The van der Waals surface area contributed by atoms with Crippen molar-refractivity contribution in [3.63, 3.8) is 0 Å². The molecule has 0 aromatic rings. The van der Waals surface area contributed by atoms with Gasteiger partial charge in [0, 0.05) is 0 Å². The minimum absolute atomic E-state index is 0.532. The van der Waals surface area contributed by atoms with Crippen LogP contribution >= 0.6 is 0 Å². The minimum atomic E-state index is -4.27. The highest BCUT2D eigenvalue weighted by Crippen LogP contribution is 1.87. The molecular weight excluding hydrogens is 312 g/mol. The zero-order valence-corrected chi connectivity index (χ0v) is 11.7. The summed E-state index contributed by atoms with van der Waals surface area (Å²) in [5.41, 5.74) is 9.60. The quantitative estimate of drug-likeness (QED) is 0.230. The first-order valence-electron chi connectivity index (χ1n) is 5.00. The zero-order chi connectivity index (χ0) is 17.8. The van der Waals surface area contributed by atoms with Crippen LogP contribution in [0.3, 0.4) is 0 Å². The molecule has 0 amide bonds. The highest BCUT2D eigenvalue weighted by molar-refractivity contribution is 7.85. The fraction of sp³-hybridized carbons (Fsp3) is 0.444. The van der Waals surface area contributed by atoms with Crippen LogP contribution < -0.4 is 11.5 Å². The van der Waals surface area contributed by atoms with Crippen molar-refractivity contribution in [1.82, 2.24) is 0 Å². The van der Waals surface area contributed by atoms with Gasteiger partial charge in [-0.3, -0.25) is 18.9 Å². The highest BCUT2D eigenvalue weighted by Gasteiger charge is 2.18. The standard InChI is InChI=1S/C4H7NO4.C3H7NO5S.C2H4/c5-2(4(8)9)1-3(6)7;4-2(3(5)6)1-10(7,8)9;1-2/h2H,1,5H2,(H,6,7)(H,8,9);2H,1,4H2,(H,5,6)(H,7,8,9);1-2H2. The Morgan fingerprint density at radius 3 is 1.38 bits per heavy atom. The van der Waals surface area contributed by atoms with Gasteiger partial charge in [0.2, 0.25) is 0 Å². The summed E-state index contributed by atoms with van der Waals surface area (Å²) in [6.07, 6.45) is -0.532. The highest BCUT2D eigenvalue weighted by atomic mass is 32.2. The van der Waals surface area contributed by atoms with Crippen LogP contribution in [0.2, 0.25) is 0 Å². The summed E-state index contributed by atoms with van der Waals surface area (Å²) in [7, 11) is -4.27. The van der Waals surface area contributed by atoms with E-state index in [4.69, 9.17) is 31.3 Å². The van der Waals surface area contributed by atoms with E-state index in [0.717, 1.165) is 0 Å².